The van der Waals surface area contributed by atoms with E-state index in [1.54, 1.807) is 0 Å². The highest BCUT2D eigenvalue weighted by molar-refractivity contribution is 14.0. The van der Waals surface area contributed by atoms with Crippen LogP contribution in [0.25, 0.3) is 0 Å². The molecule has 0 bridgehead atoms. The highest BCUT2D eigenvalue weighted by Crippen LogP contribution is 2.24. The zero-order valence-corrected chi connectivity index (χ0v) is 17.6. The van der Waals surface area contributed by atoms with Gasteiger partial charge in [0.05, 0.1) is 18.7 Å². The molecule has 1 atom stereocenters. The molecule has 11 heteroatoms. The fourth-order valence-electron chi connectivity index (χ4n) is 2.93. The molecule has 1 aromatic heterocycles. The lowest BCUT2D eigenvalue weighted by Gasteiger charge is -2.25. The van der Waals surface area contributed by atoms with Crippen molar-refractivity contribution in [3.05, 3.63) is 41.7 Å². The van der Waals surface area contributed by atoms with Gasteiger partial charge in [-0.05, 0) is 25.5 Å². The molecule has 2 N–H and O–H groups in total. The third-order valence-electron chi connectivity index (χ3n) is 4.18. The minimum Gasteiger partial charge on any atom is -0.434 e. The Kier molecular flexibility index (Phi) is 8.33. The zero-order valence-electron chi connectivity index (χ0n) is 15.2. The molecule has 0 saturated heterocycles. The Bertz CT molecular complexity index is 801. The maximum atomic E-state index is 14.1. The number of fused-ring (bicyclic) bond motifs is 1. The molecule has 0 radical (unpaired) electrons. The predicted octanol–water partition coefficient (Wildman–Crippen LogP) is 2.71. The first-order valence-corrected chi connectivity index (χ1v) is 8.70. The van der Waals surface area contributed by atoms with E-state index in [9.17, 15) is 13.2 Å². The predicted molar refractivity (Wildman–Crippen MR) is 109 cm³/mol. The van der Waals surface area contributed by atoms with Gasteiger partial charge in [-0.25, -0.2) is 19.0 Å². The Labute approximate surface area is 177 Å². The molecule has 2 aromatic rings. The molecule has 3 rings (SSSR count). The van der Waals surface area contributed by atoms with E-state index in [-0.39, 0.29) is 47.9 Å². The molecule has 28 heavy (non-hydrogen) atoms. The average Bonchev–Trinajstić information content (AvgIpc) is 3.08. The van der Waals surface area contributed by atoms with Crippen LogP contribution in [0.4, 0.5) is 13.2 Å². The van der Waals surface area contributed by atoms with Crippen LogP contribution in [0.2, 0.25) is 0 Å². The van der Waals surface area contributed by atoms with Crippen molar-refractivity contribution in [3.63, 3.8) is 0 Å². The summed E-state index contributed by atoms with van der Waals surface area (Å²) in [6.45, 7) is -0.0165. The quantitative estimate of drug-likeness (QED) is 0.355. The number of aryl methyl sites for hydroxylation is 1. The summed E-state index contributed by atoms with van der Waals surface area (Å²) in [6, 6.07) is 3.89. The van der Waals surface area contributed by atoms with E-state index in [1.807, 2.05) is 11.6 Å². The van der Waals surface area contributed by atoms with Crippen LogP contribution in [0, 0.1) is 5.82 Å². The van der Waals surface area contributed by atoms with Gasteiger partial charge in [0.25, 0.3) is 0 Å². The third kappa shape index (κ3) is 5.72. The third-order valence-corrected chi connectivity index (χ3v) is 4.18. The van der Waals surface area contributed by atoms with E-state index in [1.165, 1.54) is 24.5 Å². The summed E-state index contributed by atoms with van der Waals surface area (Å²) in [5.41, 5.74) is -0.0165. The smallest absolute Gasteiger partial charge is 0.387 e. The molecule has 1 unspecified atom stereocenters. The van der Waals surface area contributed by atoms with Gasteiger partial charge in [-0.15, -0.1) is 24.0 Å². The molecular weight excluding hydrogens is 488 g/mol. The number of halogens is 4. The van der Waals surface area contributed by atoms with E-state index in [2.05, 4.69) is 30.4 Å². The summed E-state index contributed by atoms with van der Waals surface area (Å²) in [7, 11) is 0. The van der Waals surface area contributed by atoms with Crippen LogP contribution in [0.5, 0.6) is 5.75 Å². The summed E-state index contributed by atoms with van der Waals surface area (Å²) in [6.07, 6.45) is 3.17. The number of benzene rings is 1. The highest BCUT2D eigenvalue weighted by Gasteiger charge is 2.21. The first kappa shape index (κ1) is 22.2. The number of alkyl halides is 2. The van der Waals surface area contributed by atoms with Crippen LogP contribution in [-0.4, -0.2) is 39.9 Å². The van der Waals surface area contributed by atoms with E-state index < -0.39 is 12.4 Å². The van der Waals surface area contributed by atoms with Crippen LogP contribution in [0.15, 0.2) is 29.5 Å². The first-order valence-electron chi connectivity index (χ1n) is 8.70. The molecule has 0 fully saturated rings. The number of aliphatic imine (C=N–C) groups is 1. The molecular formula is C17H22F3IN6O. The fourth-order valence-corrected chi connectivity index (χ4v) is 2.93. The lowest BCUT2D eigenvalue weighted by molar-refractivity contribution is -0.0506. The maximum absolute atomic E-state index is 14.1. The molecule has 0 spiro atoms. The lowest BCUT2D eigenvalue weighted by Crippen LogP contribution is -2.47. The monoisotopic (exact) mass is 510 g/mol. The van der Waals surface area contributed by atoms with Crippen LogP contribution in [-0.2, 0) is 19.5 Å². The van der Waals surface area contributed by atoms with Crippen LogP contribution < -0.4 is 15.4 Å². The van der Waals surface area contributed by atoms with Crippen molar-refractivity contribution >= 4 is 29.9 Å². The molecule has 1 aromatic carbocycles. The van der Waals surface area contributed by atoms with Crippen LogP contribution in [0.3, 0.4) is 0 Å². The normalized spacial score (nSPS) is 16.3. The Morgan fingerprint density at radius 3 is 3.00 bits per heavy atom. The molecule has 7 nitrogen and oxygen atoms in total. The molecule has 1 aliphatic rings. The molecule has 2 heterocycles. The van der Waals surface area contributed by atoms with Gasteiger partial charge in [-0.2, -0.15) is 13.9 Å². The molecule has 154 valence electrons. The Balaban J connectivity index is 0.00000280. The Morgan fingerprint density at radius 2 is 2.25 bits per heavy atom. The van der Waals surface area contributed by atoms with Crippen molar-refractivity contribution < 1.29 is 17.9 Å². The van der Waals surface area contributed by atoms with E-state index in [0.29, 0.717) is 19.0 Å². The van der Waals surface area contributed by atoms with Gasteiger partial charge in [0.2, 0.25) is 0 Å². The number of hydrogen-bond donors (Lipinski definition) is 2. The molecule has 0 aliphatic carbocycles. The number of rotatable bonds is 6. The number of ether oxygens (including phenoxy) is 1. The fraction of sp³-hybridized carbons (Fsp3) is 0.471. The Morgan fingerprint density at radius 1 is 1.43 bits per heavy atom. The van der Waals surface area contributed by atoms with Crippen LogP contribution in [0.1, 0.15) is 24.7 Å². The van der Waals surface area contributed by atoms with Gasteiger partial charge in [0, 0.05) is 19.0 Å². The van der Waals surface area contributed by atoms with Crippen molar-refractivity contribution in [1.29, 1.82) is 0 Å². The lowest BCUT2D eigenvalue weighted by atomic mass is 10.1. The number of nitrogens with zero attached hydrogens (tertiary/aromatic N) is 4. The van der Waals surface area contributed by atoms with E-state index >= 15 is 0 Å². The van der Waals surface area contributed by atoms with Gasteiger partial charge in [0.15, 0.2) is 5.96 Å². The summed E-state index contributed by atoms with van der Waals surface area (Å²) < 4.78 is 45.4. The summed E-state index contributed by atoms with van der Waals surface area (Å²) in [4.78, 5) is 8.52. The second kappa shape index (κ2) is 10.5. The number of hydrogen-bond acceptors (Lipinski definition) is 4. The largest absolute Gasteiger partial charge is 0.434 e. The standard InChI is InChI=1S/C17H21F3N6O.HI/c1-2-21-17(25-11-6-7-15-23-10-24-26(15)9-11)22-8-12-13(18)4-3-5-14(12)27-16(19)20;/h3-5,10-11,16H,2,6-9H2,1H3,(H2,21,22,25);1H. The topological polar surface area (TPSA) is 76.4 Å². The van der Waals surface area contributed by atoms with Crippen molar-refractivity contribution in [2.45, 2.75) is 45.5 Å². The molecule has 0 saturated carbocycles. The molecule has 1 aliphatic heterocycles. The summed E-state index contributed by atoms with van der Waals surface area (Å²) in [5, 5.41) is 10.5. The summed E-state index contributed by atoms with van der Waals surface area (Å²) >= 11 is 0. The van der Waals surface area contributed by atoms with Crippen molar-refractivity contribution in [2.75, 3.05) is 6.54 Å². The number of guanidine groups is 1. The highest BCUT2D eigenvalue weighted by atomic mass is 127. The number of aromatic nitrogens is 3. The van der Waals surface area contributed by atoms with Gasteiger partial charge < -0.3 is 15.4 Å². The van der Waals surface area contributed by atoms with Crippen molar-refractivity contribution in [3.8, 4) is 5.75 Å². The molecule has 0 amide bonds. The van der Waals surface area contributed by atoms with Crippen molar-refractivity contribution in [1.82, 2.24) is 25.4 Å². The second-order valence-electron chi connectivity index (χ2n) is 6.03. The average molecular weight is 510 g/mol. The van der Waals surface area contributed by atoms with Gasteiger partial charge in [0.1, 0.15) is 23.7 Å². The minimum atomic E-state index is -3.03. The maximum Gasteiger partial charge on any atom is 0.387 e. The second-order valence-corrected chi connectivity index (χ2v) is 6.03. The van der Waals surface area contributed by atoms with Crippen molar-refractivity contribution in [2.24, 2.45) is 4.99 Å². The van der Waals surface area contributed by atoms with E-state index in [0.717, 1.165) is 18.7 Å². The summed E-state index contributed by atoms with van der Waals surface area (Å²) in [5.74, 6) is 0.555. The Hall–Kier alpha value is -2.05. The van der Waals surface area contributed by atoms with Crippen LogP contribution >= 0.6 is 24.0 Å². The minimum absolute atomic E-state index is 0. The SMILES string of the molecule is CCNC(=NCc1c(F)cccc1OC(F)F)NC1CCc2ncnn2C1.I. The first-order chi connectivity index (χ1) is 13.1. The zero-order chi connectivity index (χ0) is 19.2. The van der Waals surface area contributed by atoms with Gasteiger partial charge >= 0.3 is 6.61 Å². The van der Waals surface area contributed by atoms with E-state index in [4.69, 9.17) is 0 Å². The number of nitrogens with one attached hydrogen (secondary N) is 2. The van der Waals surface area contributed by atoms with Gasteiger partial charge in [-0.1, -0.05) is 6.07 Å². The van der Waals surface area contributed by atoms with Gasteiger partial charge in [-0.3, -0.25) is 0 Å².